The van der Waals surface area contributed by atoms with Crippen molar-refractivity contribution in [2.45, 2.75) is 24.7 Å². The zero-order valence-corrected chi connectivity index (χ0v) is 21.0. The number of alkyl halides is 1. The van der Waals surface area contributed by atoms with E-state index in [2.05, 4.69) is 5.32 Å². The van der Waals surface area contributed by atoms with Crippen LogP contribution < -0.4 is 10.1 Å². The number of amides is 2. The number of likely N-dealkylation sites (tertiary alicyclic amines) is 1. The van der Waals surface area contributed by atoms with Crippen LogP contribution in [-0.2, 0) is 25.7 Å². The molecule has 1 heterocycles. The number of rotatable bonds is 10. The van der Waals surface area contributed by atoms with E-state index in [-0.39, 0.29) is 26.2 Å². The molecular formula is C29H29FN2O6. The first-order chi connectivity index (χ1) is 18.4. The molecule has 4 rings (SSSR count). The number of hydrogen-bond acceptors (Lipinski definition) is 6. The largest absolute Gasteiger partial charge is 0.459 e. The van der Waals surface area contributed by atoms with Crippen LogP contribution in [0.4, 0.5) is 4.39 Å². The van der Waals surface area contributed by atoms with Gasteiger partial charge in [-0.2, -0.15) is 0 Å². The van der Waals surface area contributed by atoms with Gasteiger partial charge in [-0.1, -0.05) is 48.5 Å². The summed E-state index contributed by atoms with van der Waals surface area (Å²) in [5.41, 5.74) is -0.815. The summed E-state index contributed by atoms with van der Waals surface area (Å²) in [5.74, 6) is -0.585. The predicted molar refractivity (Wildman–Crippen MR) is 137 cm³/mol. The van der Waals surface area contributed by atoms with Gasteiger partial charge in [0.25, 0.3) is 5.91 Å². The van der Waals surface area contributed by atoms with E-state index in [1.54, 1.807) is 36.4 Å². The molecule has 1 aliphatic heterocycles. The molecule has 0 unspecified atom stereocenters. The van der Waals surface area contributed by atoms with Gasteiger partial charge in [-0.3, -0.25) is 9.59 Å². The molecule has 0 bridgehead atoms. The van der Waals surface area contributed by atoms with E-state index >= 15 is 4.39 Å². The maximum Gasteiger partial charge on any atom is 0.329 e. The fourth-order valence-electron chi connectivity index (χ4n) is 4.26. The monoisotopic (exact) mass is 520 g/mol. The molecule has 0 spiro atoms. The lowest BCUT2D eigenvalue weighted by Gasteiger charge is -2.23. The quantitative estimate of drug-likeness (QED) is 0.408. The van der Waals surface area contributed by atoms with Gasteiger partial charge in [0.1, 0.15) is 24.1 Å². The Bertz CT molecular complexity index is 1240. The van der Waals surface area contributed by atoms with Crippen LogP contribution in [0.25, 0.3) is 0 Å². The minimum Gasteiger partial charge on any atom is -0.459 e. The van der Waals surface area contributed by atoms with Crippen LogP contribution >= 0.6 is 0 Å². The second-order valence-corrected chi connectivity index (χ2v) is 9.04. The molecule has 0 aliphatic carbocycles. The topological polar surface area (TPSA) is 94.2 Å². The highest BCUT2D eigenvalue weighted by atomic mass is 19.1. The van der Waals surface area contributed by atoms with Crippen LogP contribution in [0.3, 0.4) is 0 Å². The van der Waals surface area contributed by atoms with E-state index in [0.29, 0.717) is 17.1 Å². The van der Waals surface area contributed by atoms with Gasteiger partial charge in [-0.15, -0.1) is 0 Å². The molecule has 1 saturated heterocycles. The minimum atomic E-state index is -1.90. The number of para-hydroxylation sites is 1. The molecule has 1 N–H and O–H groups in total. The number of carbonyl (C=O) groups is 3. The molecule has 0 radical (unpaired) electrons. The van der Waals surface area contributed by atoms with Crippen molar-refractivity contribution < 1.29 is 33.0 Å². The molecule has 3 aromatic carbocycles. The second-order valence-electron chi connectivity index (χ2n) is 9.04. The molecule has 2 atom stereocenters. The molecule has 8 nitrogen and oxygen atoms in total. The molecule has 2 amide bonds. The first kappa shape index (κ1) is 26.8. The average Bonchev–Trinajstić information content (AvgIpc) is 3.29. The van der Waals surface area contributed by atoms with Gasteiger partial charge in [0.2, 0.25) is 5.91 Å². The minimum absolute atomic E-state index is 0.00247. The lowest BCUT2D eigenvalue weighted by Crippen LogP contribution is -2.46. The van der Waals surface area contributed by atoms with Gasteiger partial charge in [0, 0.05) is 19.1 Å². The smallest absolute Gasteiger partial charge is 0.329 e. The molecule has 198 valence electrons. The maximum atomic E-state index is 15.3. The Kier molecular flexibility index (Phi) is 8.70. The Labute approximate surface area is 220 Å². The van der Waals surface area contributed by atoms with E-state index in [0.717, 1.165) is 10.5 Å². The number of carbonyl (C=O) groups excluding carboxylic acids is 3. The fraction of sp³-hybridized carbons (Fsp3) is 0.276. The Morgan fingerprint density at radius 3 is 2.24 bits per heavy atom. The third-order valence-corrected chi connectivity index (χ3v) is 6.10. The third-order valence-electron chi connectivity index (χ3n) is 6.10. The van der Waals surface area contributed by atoms with Crippen molar-refractivity contribution in [2.24, 2.45) is 0 Å². The lowest BCUT2D eigenvalue weighted by molar-refractivity contribution is -0.154. The van der Waals surface area contributed by atoms with Crippen molar-refractivity contribution in [3.63, 3.8) is 0 Å². The number of halogens is 1. The van der Waals surface area contributed by atoms with E-state index in [1.807, 2.05) is 48.5 Å². The summed E-state index contributed by atoms with van der Waals surface area (Å²) < 4.78 is 31.4. The van der Waals surface area contributed by atoms with Crippen LogP contribution in [0, 0.1) is 0 Å². The normalized spacial score (nSPS) is 18.6. The van der Waals surface area contributed by atoms with E-state index in [9.17, 15) is 14.4 Å². The summed E-state index contributed by atoms with van der Waals surface area (Å²) in [6.45, 7) is -1.02. The summed E-state index contributed by atoms with van der Waals surface area (Å²) in [4.78, 5) is 39.6. The van der Waals surface area contributed by atoms with Crippen molar-refractivity contribution in [2.75, 3.05) is 26.8 Å². The van der Waals surface area contributed by atoms with Gasteiger partial charge in [0.05, 0.1) is 19.7 Å². The molecule has 38 heavy (non-hydrogen) atoms. The van der Waals surface area contributed by atoms with Crippen LogP contribution in [-0.4, -0.2) is 61.2 Å². The summed E-state index contributed by atoms with van der Waals surface area (Å²) in [6, 6.07) is 23.6. The molecule has 1 fully saturated rings. The number of methoxy groups -OCH3 is 1. The Balaban J connectivity index is 1.35. The summed E-state index contributed by atoms with van der Waals surface area (Å²) in [5, 5.41) is 2.54. The summed E-state index contributed by atoms with van der Waals surface area (Å²) >= 11 is 0. The van der Waals surface area contributed by atoms with Crippen LogP contribution in [0.2, 0.25) is 0 Å². The van der Waals surface area contributed by atoms with Crippen LogP contribution in [0.1, 0.15) is 22.3 Å². The highest BCUT2D eigenvalue weighted by Crippen LogP contribution is 2.32. The molecule has 0 aromatic heterocycles. The Morgan fingerprint density at radius 2 is 1.58 bits per heavy atom. The van der Waals surface area contributed by atoms with E-state index in [1.165, 1.54) is 7.11 Å². The molecule has 9 heteroatoms. The van der Waals surface area contributed by atoms with Crippen molar-refractivity contribution in [3.8, 4) is 11.5 Å². The fourth-order valence-corrected chi connectivity index (χ4v) is 4.26. The third kappa shape index (κ3) is 6.95. The average molecular weight is 521 g/mol. The first-order valence-electron chi connectivity index (χ1n) is 12.2. The number of esters is 1. The zero-order valence-electron chi connectivity index (χ0n) is 21.0. The first-order valence-corrected chi connectivity index (χ1v) is 12.2. The Hall–Kier alpha value is -4.24. The summed E-state index contributed by atoms with van der Waals surface area (Å²) in [6.07, 6.45) is -0.253. The number of benzene rings is 3. The predicted octanol–water partition coefficient (Wildman–Crippen LogP) is 3.91. The molecular weight excluding hydrogens is 491 g/mol. The molecule has 3 aromatic rings. The van der Waals surface area contributed by atoms with Crippen molar-refractivity contribution in [3.05, 3.63) is 96.1 Å². The van der Waals surface area contributed by atoms with Crippen molar-refractivity contribution >= 4 is 17.8 Å². The van der Waals surface area contributed by atoms with Crippen LogP contribution in [0.5, 0.6) is 11.5 Å². The van der Waals surface area contributed by atoms with Crippen molar-refractivity contribution in [1.82, 2.24) is 10.2 Å². The standard InChI is InChI=1S/C29H29FN2O6/c1-36-20-29(30)16-25(28(35)37-18-21-8-4-2-5-9-21)32(19-29)26(33)17-31-27(34)22-12-14-24(15-13-22)38-23-10-6-3-7-11-23/h2-15,25H,16-20H2,1H3,(H,31,34)/t25-,29+/m0/s1. The number of nitrogens with zero attached hydrogens (tertiary/aromatic N) is 1. The molecule has 0 saturated carbocycles. The second kappa shape index (κ2) is 12.3. The number of nitrogens with one attached hydrogen (secondary N) is 1. The highest BCUT2D eigenvalue weighted by Gasteiger charge is 2.50. The number of ether oxygens (including phenoxy) is 3. The van der Waals surface area contributed by atoms with Gasteiger partial charge >= 0.3 is 5.97 Å². The Morgan fingerprint density at radius 1 is 0.947 bits per heavy atom. The van der Waals surface area contributed by atoms with Gasteiger partial charge in [-0.05, 0) is 42.0 Å². The van der Waals surface area contributed by atoms with E-state index in [4.69, 9.17) is 14.2 Å². The SMILES string of the molecule is COC[C@@]1(F)C[C@@H](C(=O)OCc2ccccc2)N(C(=O)CNC(=O)c2ccc(Oc3ccccc3)cc2)C1. The highest BCUT2D eigenvalue weighted by molar-refractivity contribution is 5.97. The number of hydrogen-bond donors (Lipinski definition) is 1. The zero-order chi connectivity index (χ0) is 27.0. The molecule has 1 aliphatic rings. The van der Waals surface area contributed by atoms with Crippen molar-refractivity contribution in [1.29, 1.82) is 0 Å². The lowest BCUT2D eigenvalue weighted by atomic mass is 10.0. The summed E-state index contributed by atoms with van der Waals surface area (Å²) in [7, 11) is 1.35. The van der Waals surface area contributed by atoms with Crippen LogP contribution in [0.15, 0.2) is 84.9 Å². The maximum absolute atomic E-state index is 15.3. The van der Waals surface area contributed by atoms with Gasteiger partial charge in [-0.25, -0.2) is 9.18 Å². The van der Waals surface area contributed by atoms with Gasteiger partial charge < -0.3 is 24.4 Å². The van der Waals surface area contributed by atoms with E-state index < -0.39 is 36.0 Å². The van der Waals surface area contributed by atoms with Gasteiger partial charge in [0.15, 0.2) is 5.67 Å².